The van der Waals surface area contributed by atoms with Gasteiger partial charge < -0.3 is 40.9 Å². The van der Waals surface area contributed by atoms with Gasteiger partial charge in [-0.3, -0.25) is 4.74 Å². The lowest BCUT2D eigenvalue weighted by atomic mass is 10.1. The van der Waals surface area contributed by atoms with E-state index in [9.17, 15) is 40.9 Å². The maximum atomic E-state index is 9.76. The Labute approximate surface area is 124 Å². The van der Waals surface area contributed by atoms with E-state index in [0.29, 0.717) is 0 Å². The number of nitrogens with zero attached hydrogens (tertiary/aromatic N) is 1. The number of aliphatic hydroxyl groups is 8. The Morgan fingerprint density at radius 1 is 0.818 bits per heavy atom. The molecule has 0 bridgehead atoms. The quantitative estimate of drug-likeness (QED) is 0.254. The summed E-state index contributed by atoms with van der Waals surface area (Å²) in [5, 5.41) is 76.7. The summed E-state index contributed by atoms with van der Waals surface area (Å²) < 4.78 is 3.76. The van der Waals surface area contributed by atoms with E-state index in [2.05, 4.69) is 4.74 Å². The summed E-state index contributed by atoms with van der Waals surface area (Å²) in [6.07, 6.45) is 0. The molecule has 124 valence electrons. The Kier molecular flexibility index (Phi) is 3.83. The lowest BCUT2D eigenvalue weighted by molar-refractivity contribution is -0.659. The molecule has 0 saturated carbocycles. The minimum Gasteiger partial charge on any atom is -0.347 e. The highest BCUT2D eigenvalue weighted by molar-refractivity contribution is 5.21. The van der Waals surface area contributed by atoms with Crippen LogP contribution in [0, 0.1) is 6.92 Å². The summed E-state index contributed by atoms with van der Waals surface area (Å²) >= 11 is 0. The van der Waals surface area contributed by atoms with Crippen molar-refractivity contribution in [1.29, 1.82) is 0 Å². The summed E-state index contributed by atoms with van der Waals surface area (Å²) in [4.78, 5) is -0.159. The van der Waals surface area contributed by atoms with E-state index < -0.39 is 30.3 Å². The van der Waals surface area contributed by atoms with Crippen LogP contribution in [0.1, 0.15) is 11.1 Å². The molecule has 0 atom stereocenters. The van der Waals surface area contributed by atoms with Crippen molar-refractivity contribution in [2.75, 3.05) is 0 Å². The predicted molar refractivity (Wildman–Crippen MR) is 66.5 cm³/mol. The molecule has 2 rings (SSSR count). The number of morpholine rings is 1. The number of hydrogen-bond donors (Lipinski definition) is 8. The van der Waals surface area contributed by atoms with Crippen molar-refractivity contribution in [3.05, 3.63) is 35.4 Å². The first-order chi connectivity index (χ1) is 9.81. The zero-order valence-corrected chi connectivity index (χ0v) is 11.4. The number of hydrogen-bond acceptors (Lipinski definition) is 10. The van der Waals surface area contributed by atoms with E-state index in [-0.39, 0.29) is 10.5 Å². The predicted octanol–water partition coefficient (Wildman–Crippen LogP) is -3.62. The summed E-state index contributed by atoms with van der Waals surface area (Å²) in [6, 6.07) is 6.20. The third-order valence-electron chi connectivity index (χ3n) is 3.37. The second kappa shape index (κ2) is 4.91. The van der Waals surface area contributed by atoms with Crippen molar-refractivity contribution >= 4 is 0 Å². The zero-order chi connectivity index (χ0) is 17.0. The van der Waals surface area contributed by atoms with Gasteiger partial charge in [-0.2, -0.15) is 4.90 Å². The molecule has 0 amide bonds. The van der Waals surface area contributed by atoms with E-state index >= 15 is 0 Å². The van der Waals surface area contributed by atoms with Crippen molar-refractivity contribution in [3.8, 4) is 0 Å². The molecule has 0 spiro atoms. The van der Waals surface area contributed by atoms with Crippen LogP contribution in [0.15, 0.2) is 24.3 Å². The summed E-state index contributed by atoms with van der Waals surface area (Å²) in [5.74, 6) is -15.4. The van der Waals surface area contributed by atoms with Crippen LogP contribution < -0.4 is 0 Å². The van der Waals surface area contributed by atoms with Gasteiger partial charge in [-0.05, 0) is 12.5 Å². The van der Waals surface area contributed by atoms with Crippen molar-refractivity contribution in [2.45, 2.75) is 37.2 Å². The molecule has 1 aromatic carbocycles. The molecule has 10 nitrogen and oxygen atoms in total. The third-order valence-corrected chi connectivity index (χ3v) is 3.37. The molecule has 0 aliphatic carbocycles. The van der Waals surface area contributed by atoms with Gasteiger partial charge in [0.15, 0.2) is 0 Å². The lowest BCUT2D eigenvalue weighted by Crippen LogP contribution is -2.83. The molecular formula is C12H17NO9. The number of benzene rings is 1. The van der Waals surface area contributed by atoms with Crippen molar-refractivity contribution in [1.82, 2.24) is 4.90 Å². The monoisotopic (exact) mass is 319 g/mol. The van der Waals surface area contributed by atoms with Crippen LogP contribution in [-0.2, 0) is 11.3 Å². The molecular weight excluding hydrogens is 302 g/mol. The average Bonchev–Trinajstić information content (AvgIpc) is 2.34. The van der Waals surface area contributed by atoms with Crippen molar-refractivity contribution < 1.29 is 45.6 Å². The highest BCUT2D eigenvalue weighted by Crippen LogP contribution is 2.42. The second-order valence-corrected chi connectivity index (χ2v) is 5.16. The molecule has 22 heavy (non-hydrogen) atoms. The van der Waals surface area contributed by atoms with Crippen LogP contribution in [0.5, 0.6) is 0 Å². The molecule has 1 aliphatic rings. The molecule has 10 heteroatoms. The van der Waals surface area contributed by atoms with E-state index in [4.69, 9.17) is 0 Å². The molecule has 1 aliphatic heterocycles. The van der Waals surface area contributed by atoms with E-state index in [1.165, 1.54) is 12.1 Å². The van der Waals surface area contributed by atoms with Crippen LogP contribution in [0.25, 0.3) is 0 Å². The molecule has 1 aromatic rings. The fraction of sp³-hybridized carbons (Fsp3) is 0.500. The Hall–Kier alpha value is -1.18. The number of rotatable bonds is 2. The summed E-state index contributed by atoms with van der Waals surface area (Å²) in [5.41, 5.74) is 1.14. The van der Waals surface area contributed by atoms with Crippen molar-refractivity contribution in [3.63, 3.8) is 0 Å². The van der Waals surface area contributed by atoms with E-state index in [1.807, 2.05) is 0 Å². The number of ether oxygens (including phenoxy) is 1. The fourth-order valence-electron chi connectivity index (χ4n) is 2.00. The maximum Gasteiger partial charge on any atom is 0.356 e. The highest BCUT2D eigenvalue weighted by Gasteiger charge is 2.74. The van der Waals surface area contributed by atoms with Crippen LogP contribution in [0.2, 0.25) is 0 Å². The molecule has 8 N–H and O–H groups in total. The topological polar surface area (TPSA) is 174 Å². The van der Waals surface area contributed by atoms with Gasteiger partial charge in [-0.15, -0.1) is 0 Å². The van der Waals surface area contributed by atoms with Gasteiger partial charge in [-0.25, -0.2) is 0 Å². The maximum absolute atomic E-state index is 9.76. The lowest BCUT2D eigenvalue weighted by Gasteiger charge is -2.55. The van der Waals surface area contributed by atoms with Crippen LogP contribution in [0.4, 0.5) is 0 Å². The summed E-state index contributed by atoms with van der Waals surface area (Å²) in [7, 11) is 0. The second-order valence-electron chi connectivity index (χ2n) is 5.16. The molecule has 1 heterocycles. The minimum absolute atomic E-state index is 0.159. The van der Waals surface area contributed by atoms with E-state index in [1.54, 1.807) is 19.1 Å². The van der Waals surface area contributed by atoms with Crippen molar-refractivity contribution in [2.24, 2.45) is 0 Å². The fourth-order valence-corrected chi connectivity index (χ4v) is 2.00. The zero-order valence-electron chi connectivity index (χ0n) is 11.4. The molecule has 0 unspecified atom stereocenters. The minimum atomic E-state index is -3.92. The molecule has 1 fully saturated rings. The summed E-state index contributed by atoms with van der Waals surface area (Å²) in [6.45, 7) is 1.08. The Balaban J connectivity index is 2.45. The molecule has 0 aromatic heterocycles. The number of aryl methyl sites for hydroxylation is 1. The van der Waals surface area contributed by atoms with Gasteiger partial charge >= 0.3 is 23.8 Å². The Bertz CT molecular complexity index is 526. The van der Waals surface area contributed by atoms with Gasteiger partial charge in [0.2, 0.25) is 0 Å². The van der Waals surface area contributed by atoms with Gasteiger partial charge in [0.25, 0.3) is 0 Å². The van der Waals surface area contributed by atoms with Crippen LogP contribution in [0.3, 0.4) is 0 Å². The van der Waals surface area contributed by atoms with Gasteiger partial charge in [0, 0.05) is 6.54 Å². The molecule has 1 saturated heterocycles. The first kappa shape index (κ1) is 17.2. The van der Waals surface area contributed by atoms with Gasteiger partial charge in [0.05, 0.1) is 0 Å². The SMILES string of the molecule is Cc1ccc(CN2C(O)(O)C(O)(O)OC(O)(O)C2(O)O)cc1. The Morgan fingerprint density at radius 3 is 1.64 bits per heavy atom. The van der Waals surface area contributed by atoms with Gasteiger partial charge in [-0.1, -0.05) is 29.8 Å². The smallest absolute Gasteiger partial charge is 0.347 e. The van der Waals surface area contributed by atoms with Crippen LogP contribution in [-0.4, -0.2) is 69.5 Å². The highest BCUT2D eigenvalue weighted by atomic mass is 16.9. The normalized spacial score (nSPS) is 25.9. The third kappa shape index (κ3) is 2.51. The average molecular weight is 319 g/mol. The van der Waals surface area contributed by atoms with Crippen LogP contribution >= 0.6 is 0 Å². The van der Waals surface area contributed by atoms with E-state index in [0.717, 1.165) is 5.56 Å². The van der Waals surface area contributed by atoms with Gasteiger partial charge in [0.1, 0.15) is 0 Å². The Morgan fingerprint density at radius 2 is 1.23 bits per heavy atom. The standard InChI is InChI=1S/C12H17NO9/c1-7-2-4-8(5-3-7)6-13-9(14,15)11(18,19)22-12(20,21)10(13,16)17/h2-5,14-21H,6H2,1H3. The largest absolute Gasteiger partial charge is 0.356 e. The first-order valence-electron chi connectivity index (χ1n) is 6.14. The molecule has 0 radical (unpaired) electrons. The first-order valence-corrected chi connectivity index (χ1v) is 6.14.